The number of carboxylic acid groups (broad SMARTS) is 1. The summed E-state index contributed by atoms with van der Waals surface area (Å²) in [6.07, 6.45) is 3.51. The number of benzene rings is 3. The number of aromatic carboxylic acids is 1. The SMILES string of the molecule is O=C(O)c1ccc(-c2nc3c4cccnc4c4ncccc4c3n2-c2cccc(Cl)c2)cc1. The van der Waals surface area contributed by atoms with Crippen LogP contribution in [0.2, 0.25) is 5.02 Å². The highest BCUT2D eigenvalue weighted by Crippen LogP contribution is 2.38. The minimum Gasteiger partial charge on any atom is -0.478 e. The van der Waals surface area contributed by atoms with Crippen LogP contribution in [0.3, 0.4) is 0 Å². The van der Waals surface area contributed by atoms with Crippen LogP contribution in [0.5, 0.6) is 0 Å². The number of pyridine rings is 2. The maximum Gasteiger partial charge on any atom is 0.335 e. The molecule has 3 heterocycles. The highest BCUT2D eigenvalue weighted by Gasteiger charge is 2.21. The van der Waals surface area contributed by atoms with Gasteiger partial charge in [-0.25, -0.2) is 9.78 Å². The van der Waals surface area contributed by atoms with Crippen LogP contribution in [0, 0.1) is 0 Å². The first-order valence-corrected chi connectivity index (χ1v) is 10.6. The fourth-order valence-corrected chi connectivity index (χ4v) is 4.43. The molecule has 0 saturated carbocycles. The Balaban J connectivity index is 1.81. The van der Waals surface area contributed by atoms with Gasteiger partial charge in [0, 0.05) is 39.4 Å². The van der Waals surface area contributed by atoms with Crippen LogP contribution >= 0.6 is 11.6 Å². The third-order valence-electron chi connectivity index (χ3n) is 5.68. The average molecular weight is 451 g/mol. The van der Waals surface area contributed by atoms with Crippen LogP contribution < -0.4 is 0 Å². The minimum atomic E-state index is -0.973. The van der Waals surface area contributed by atoms with E-state index >= 15 is 0 Å². The number of halogens is 1. The number of fused-ring (bicyclic) bond motifs is 6. The van der Waals surface area contributed by atoms with Crippen LogP contribution in [-0.2, 0) is 0 Å². The quantitative estimate of drug-likeness (QED) is 0.327. The molecule has 0 spiro atoms. The summed E-state index contributed by atoms with van der Waals surface area (Å²) >= 11 is 6.36. The molecule has 6 aromatic rings. The molecule has 158 valence electrons. The zero-order valence-electron chi connectivity index (χ0n) is 17.1. The summed E-state index contributed by atoms with van der Waals surface area (Å²) in [6, 6.07) is 22.1. The highest BCUT2D eigenvalue weighted by atomic mass is 35.5. The molecule has 0 aliphatic carbocycles. The molecular formula is C26H15ClN4O2. The Bertz CT molecular complexity index is 1710. The van der Waals surface area contributed by atoms with Gasteiger partial charge in [-0.3, -0.25) is 14.5 Å². The number of imidazole rings is 1. The van der Waals surface area contributed by atoms with E-state index in [1.165, 1.54) is 0 Å². The molecule has 6 rings (SSSR count). The Hall–Kier alpha value is -4.29. The molecule has 0 saturated heterocycles. The van der Waals surface area contributed by atoms with E-state index in [-0.39, 0.29) is 5.56 Å². The lowest BCUT2D eigenvalue weighted by Gasteiger charge is -2.12. The zero-order chi connectivity index (χ0) is 22.5. The maximum atomic E-state index is 11.4. The van der Waals surface area contributed by atoms with Crippen molar-refractivity contribution in [3.8, 4) is 17.1 Å². The minimum absolute atomic E-state index is 0.216. The third-order valence-corrected chi connectivity index (χ3v) is 5.92. The average Bonchev–Trinajstić information content (AvgIpc) is 3.25. The van der Waals surface area contributed by atoms with Crippen molar-refractivity contribution < 1.29 is 9.90 Å². The summed E-state index contributed by atoms with van der Waals surface area (Å²) in [4.78, 5) is 25.6. The predicted octanol–water partition coefficient (Wildman–Crippen LogP) is 6.14. The van der Waals surface area contributed by atoms with E-state index in [1.807, 2.05) is 53.1 Å². The molecule has 3 aromatic heterocycles. The molecule has 0 fully saturated rings. The second-order valence-corrected chi connectivity index (χ2v) is 8.07. The van der Waals surface area contributed by atoms with Crippen molar-refractivity contribution in [3.05, 3.63) is 95.8 Å². The summed E-state index contributed by atoms with van der Waals surface area (Å²) in [7, 11) is 0. The molecule has 3 aromatic carbocycles. The Kier molecular flexibility index (Phi) is 4.35. The van der Waals surface area contributed by atoms with Crippen molar-refractivity contribution in [2.75, 3.05) is 0 Å². The van der Waals surface area contributed by atoms with Crippen molar-refractivity contribution >= 4 is 50.4 Å². The van der Waals surface area contributed by atoms with Crippen LogP contribution in [0.4, 0.5) is 0 Å². The summed E-state index contributed by atoms with van der Waals surface area (Å²) < 4.78 is 2.05. The molecule has 0 unspecified atom stereocenters. The van der Waals surface area contributed by atoms with E-state index in [9.17, 15) is 9.90 Å². The molecule has 1 N–H and O–H groups in total. The van der Waals surface area contributed by atoms with Gasteiger partial charge in [-0.1, -0.05) is 29.8 Å². The molecule has 0 aliphatic rings. The van der Waals surface area contributed by atoms with E-state index in [0.29, 0.717) is 10.8 Å². The molecule has 0 aliphatic heterocycles. The Labute approximate surface area is 192 Å². The van der Waals surface area contributed by atoms with Crippen LogP contribution in [0.1, 0.15) is 10.4 Å². The molecule has 0 bridgehead atoms. The Morgan fingerprint density at radius 2 is 1.52 bits per heavy atom. The summed E-state index contributed by atoms with van der Waals surface area (Å²) in [5, 5.41) is 11.7. The van der Waals surface area contributed by atoms with Gasteiger partial charge in [0.1, 0.15) is 5.82 Å². The molecule has 0 atom stereocenters. The van der Waals surface area contributed by atoms with Gasteiger partial charge >= 0.3 is 5.97 Å². The monoisotopic (exact) mass is 450 g/mol. The molecular weight excluding hydrogens is 436 g/mol. The second-order valence-electron chi connectivity index (χ2n) is 7.63. The van der Waals surface area contributed by atoms with E-state index in [2.05, 4.69) is 9.97 Å². The van der Waals surface area contributed by atoms with Crippen LogP contribution in [-0.4, -0.2) is 30.6 Å². The number of rotatable bonds is 3. The smallest absolute Gasteiger partial charge is 0.335 e. The van der Waals surface area contributed by atoms with E-state index in [1.54, 1.807) is 36.7 Å². The molecule has 0 radical (unpaired) electrons. The fraction of sp³-hybridized carbons (Fsp3) is 0. The number of nitrogens with zero attached hydrogens (tertiary/aromatic N) is 4. The lowest BCUT2D eigenvalue weighted by atomic mass is 10.1. The first kappa shape index (κ1) is 19.4. The van der Waals surface area contributed by atoms with Crippen molar-refractivity contribution in [1.82, 2.24) is 19.5 Å². The van der Waals surface area contributed by atoms with Crippen molar-refractivity contribution in [2.45, 2.75) is 0 Å². The van der Waals surface area contributed by atoms with Gasteiger partial charge in [-0.2, -0.15) is 0 Å². The van der Waals surface area contributed by atoms with Gasteiger partial charge in [-0.05, 0) is 54.6 Å². The zero-order valence-corrected chi connectivity index (χ0v) is 17.9. The fourth-order valence-electron chi connectivity index (χ4n) is 4.25. The number of carboxylic acids is 1. The van der Waals surface area contributed by atoms with Crippen LogP contribution in [0.25, 0.3) is 49.9 Å². The number of aromatic nitrogens is 4. The van der Waals surface area contributed by atoms with Crippen molar-refractivity contribution in [2.24, 2.45) is 0 Å². The second kappa shape index (κ2) is 7.39. The largest absolute Gasteiger partial charge is 0.478 e. The topological polar surface area (TPSA) is 80.9 Å². The number of carbonyl (C=O) groups is 1. The first-order valence-electron chi connectivity index (χ1n) is 10.3. The van der Waals surface area contributed by atoms with Gasteiger partial charge in [-0.15, -0.1) is 0 Å². The van der Waals surface area contributed by atoms with Gasteiger partial charge in [0.15, 0.2) is 0 Å². The number of hydrogen-bond acceptors (Lipinski definition) is 4. The lowest BCUT2D eigenvalue weighted by Crippen LogP contribution is -2.00. The van der Waals surface area contributed by atoms with Crippen molar-refractivity contribution in [3.63, 3.8) is 0 Å². The summed E-state index contributed by atoms with van der Waals surface area (Å²) in [5.41, 5.74) is 5.09. The van der Waals surface area contributed by atoms with Crippen LogP contribution in [0.15, 0.2) is 85.2 Å². The van der Waals surface area contributed by atoms with Crippen molar-refractivity contribution in [1.29, 1.82) is 0 Å². The van der Waals surface area contributed by atoms with Gasteiger partial charge < -0.3 is 5.11 Å². The van der Waals surface area contributed by atoms with E-state index < -0.39 is 5.97 Å². The Morgan fingerprint density at radius 1 is 0.818 bits per heavy atom. The first-order chi connectivity index (χ1) is 16.1. The van der Waals surface area contributed by atoms with E-state index in [0.717, 1.165) is 44.1 Å². The third kappa shape index (κ3) is 3.03. The Morgan fingerprint density at radius 3 is 2.21 bits per heavy atom. The molecule has 0 amide bonds. The molecule has 6 nitrogen and oxygen atoms in total. The molecule has 7 heteroatoms. The maximum absolute atomic E-state index is 11.4. The normalized spacial score (nSPS) is 11.4. The van der Waals surface area contributed by atoms with Gasteiger partial charge in [0.2, 0.25) is 0 Å². The molecule has 33 heavy (non-hydrogen) atoms. The van der Waals surface area contributed by atoms with Gasteiger partial charge in [0.05, 0.1) is 27.6 Å². The van der Waals surface area contributed by atoms with Gasteiger partial charge in [0.25, 0.3) is 0 Å². The predicted molar refractivity (Wildman–Crippen MR) is 129 cm³/mol. The number of hydrogen-bond donors (Lipinski definition) is 1. The highest BCUT2D eigenvalue weighted by molar-refractivity contribution is 6.30. The summed E-state index contributed by atoms with van der Waals surface area (Å²) in [6.45, 7) is 0. The standard InChI is InChI=1S/C26H15ClN4O2/c27-17-4-1-5-18(14-17)31-24-20-7-3-13-29-22(20)21-19(6-2-12-28-21)23(24)30-25(31)15-8-10-16(11-9-15)26(32)33/h1-14H,(H,32,33). The lowest BCUT2D eigenvalue weighted by molar-refractivity contribution is 0.0697. The summed E-state index contributed by atoms with van der Waals surface area (Å²) in [5.74, 6) is -0.301. The van der Waals surface area contributed by atoms with E-state index in [4.69, 9.17) is 16.6 Å².